The molecule has 2 aromatic heterocycles. The summed E-state index contributed by atoms with van der Waals surface area (Å²) >= 11 is 0. The van der Waals surface area contributed by atoms with E-state index >= 15 is 0 Å². The summed E-state index contributed by atoms with van der Waals surface area (Å²) in [7, 11) is 3.16. The zero-order valence-corrected chi connectivity index (χ0v) is 18.9. The Labute approximate surface area is 184 Å². The number of rotatable bonds is 5. The van der Waals surface area contributed by atoms with E-state index in [9.17, 15) is 14.4 Å². The van der Waals surface area contributed by atoms with Gasteiger partial charge in [-0.3, -0.25) is 14.2 Å². The number of benzene rings is 1. The van der Waals surface area contributed by atoms with Gasteiger partial charge >= 0.3 is 11.7 Å². The number of hydrogen-bond donors (Lipinski definition) is 0. The fraction of sp³-hybridized carbons (Fsp3) is 0.455. The second-order valence-corrected chi connectivity index (χ2v) is 8.12. The molecule has 0 fully saturated rings. The third-order valence-electron chi connectivity index (χ3n) is 5.66. The second-order valence-electron chi connectivity index (χ2n) is 8.12. The number of nitrogens with zero attached hydrogens (tertiary/aromatic N) is 5. The van der Waals surface area contributed by atoms with Gasteiger partial charge in [-0.1, -0.05) is 13.0 Å². The first-order chi connectivity index (χ1) is 15.3. The van der Waals surface area contributed by atoms with Crippen LogP contribution in [-0.2, 0) is 29.7 Å². The first-order valence-electron chi connectivity index (χ1n) is 10.5. The number of imidazole rings is 1. The minimum absolute atomic E-state index is 0.170. The van der Waals surface area contributed by atoms with E-state index in [-0.39, 0.29) is 23.7 Å². The van der Waals surface area contributed by atoms with Crippen LogP contribution in [0.4, 0.5) is 11.6 Å². The molecule has 0 radical (unpaired) electrons. The molecule has 1 aliphatic rings. The molecule has 0 saturated carbocycles. The highest BCUT2D eigenvalue weighted by Crippen LogP contribution is 2.38. The van der Waals surface area contributed by atoms with Crippen molar-refractivity contribution in [1.29, 1.82) is 0 Å². The minimum Gasteiger partial charge on any atom is -0.495 e. The van der Waals surface area contributed by atoms with E-state index in [0.717, 1.165) is 15.8 Å². The Kier molecular flexibility index (Phi) is 5.53. The van der Waals surface area contributed by atoms with Crippen LogP contribution >= 0.6 is 0 Å². The lowest BCUT2D eigenvalue weighted by Crippen LogP contribution is -2.42. The van der Waals surface area contributed by atoms with Crippen LogP contribution in [0, 0.1) is 12.8 Å². The molecule has 10 heteroatoms. The highest BCUT2D eigenvalue weighted by Gasteiger charge is 2.31. The van der Waals surface area contributed by atoms with E-state index < -0.39 is 23.8 Å². The average molecular weight is 441 g/mol. The van der Waals surface area contributed by atoms with E-state index in [4.69, 9.17) is 14.5 Å². The van der Waals surface area contributed by atoms with E-state index in [2.05, 4.69) is 6.92 Å². The van der Waals surface area contributed by atoms with Crippen LogP contribution in [0.5, 0.6) is 5.75 Å². The summed E-state index contributed by atoms with van der Waals surface area (Å²) in [6, 6.07) is 5.88. The molecule has 0 amide bonds. The number of aryl methyl sites for hydroxylation is 2. The summed E-state index contributed by atoms with van der Waals surface area (Å²) in [6.45, 7) is 6.71. The highest BCUT2D eigenvalue weighted by atomic mass is 16.5. The van der Waals surface area contributed by atoms with Crippen molar-refractivity contribution in [2.24, 2.45) is 13.0 Å². The molecule has 0 spiro atoms. The van der Waals surface area contributed by atoms with Crippen LogP contribution in [0.1, 0.15) is 19.4 Å². The molecular weight excluding hydrogens is 414 g/mol. The van der Waals surface area contributed by atoms with Crippen LogP contribution in [0.2, 0.25) is 0 Å². The maximum atomic E-state index is 13.3. The third kappa shape index (κ3) is 3.45. The monoisotopic (exact) mass is 441 g/mol. The molecule has 1 aromatic carbocycles. The number of aromatic nitrogens is 4. The minimum atomic E-state index is -0.635. The summed E-state index contributed by atoms with van der Waals surface area (Å²) in [5, 5.41) is 0. The summed E-state index contributed by atoms with van der Waals surface area (Å²) in [5.74, 6) is 0.809. The zero-order valence-electron chi connectivity index (χ0n) is 18.9. The fourth-order valence-corrected chi connectivity index (χ4v) is 4.19. The standard InChI is InChI=1S/C22H27N5O5/c1-6-32-17(28)12-27-20(29)18-19(24(4)22(27)30)23-21-25(10-14(3)11-26(18)21)15-9-13(2)7-8-16(15)31-5/h7-9,14H,6,10-12H2,1-5H3. The normalized spacial score (nSPS) is 15.7. The molecule has 32 heavy (non-hydrogen) atoms. The molecule has 10 nitrogen and oxygen atoms in total. The number of carbonyl (C=O) groups is 1. The molecule has 170 valence electrons. The van der Waals surface area contributed by atoms with Gasteiger partial charge in [-0.25, -0.2) is 9.36 Å². The number of fused-ring (bicyclic) bond motifs is 3. The van der Waals surface area contributed by atoms with Gasteiger partial charge in [0.1, 0.15) is 12.3 Å². The number of carbonyl (C=O) groups excluding carboxylic acids is 1. The molecule has 1 atom stereocenters. The van der Waals surface area contributed by atoms with Gasteiger partial charge in [-0.05, 0) is 37.5 Å². The lowest BCUT2D eigenvalue weighted by molar-refractivity contribution is -0.143. The first kappa shape index (κ1) is 21.7. The van der Waals surface area contributed by atoms with Crippen LogP contribution in [0.3, 0.4) is 0 Å². The molecule has 0 bridgehead atoms. The van der Waals surface area contributed by atoms with E-state index in [1.165, 1.54) is 4.57 Å². The van der Waals surface area contributed by atoms with Crippen molar-refractivity contribution in [2.45, 2.75) is 33.9 Å². The molecule has 1 unspecified atom stereocenters. The van der Waals surface area contributed by atoms with Gasteiger partial charge in [0.05, 0.1) is 19.4 Å². The summed E-state index contributed by atoms with van der Waals surface area (Å²) in [6.07, 6.45) is 0. The quantitative estimate of drug-likeness (QED) is 0.554. The SMILES string of the molecule is CCOC(=O)Cn1c(=O)c2c(nc3n2CC(C)CN3c2cc(C)ccc2OC)n(C)c1=O. The Morgan fingerprint density at radius 2 is 2.00 bits per heavy atom. The number of ether oxygens (including phenoxy) is 2. The molecule has 1 aliphatic heterocycles. The van der Waals surface area contributed by atoms with Crippen molar-refractivity contribution in [3.05, 3.63) is 44.6 Å². The summed E-state index contributed by atoms with van der Waals surface area (Å²) < 4.78 is 14.6. The highest BCUT2D eigenvalue weighted by molar-refractivity contribution is 5.79. The fourth-order valence-electron chi connectivity index (χ4n) is 4.19. The van der Waals surface area contributed by atoms with Crippen molar-refractivity contribution in [1.82, 2.24) is 18.7 Å². The number of methoxy groups -OCH3 is 1. The topological polar surface area (TPSA) is 101 Å². The molecule has 3 aromatic rings. The molecule has 0 saturated heterocycles. The largest absolute Gasteiger partial charge is 0.495 e. The lowest BCUT2D eigenvalue weighted by atomic mass is 10.1. The smallest absolute Gasteiger partial charge is 0.333 e. The Hall–Kier alpha value is -3.56. The molecular formula is C22H27N5O5. The maximum Gasteiger partial charge on any atom is 0.333 e. The Morgan fingerprint density at radius 1 is 1.25 bits per heavy atom. The van der Waals surface area contributed by atoms with E-state index in [0.29, 0.717) is 24.8 Å². The van der Waals surface area contributed by atoms with Crippen LogP contribution in [0.25, 0.3) is 11.2 Å². The maximum absolute atomic E-state index is 13.3. The lowest BCUT2D eigenvalue weighted by Gasteiger charge is -2.33. The van der Waals surface area contributed by atoms with Gasteiger partial charge < -0.3 is 18.9 Å². The van der Waals surface area contributed by atoms with Gasteiger partial charge in [0.15, 0.2) is 11.2 Å². The molecule has 3 heterocycles. The first-order valence-corrected chi connectivity index (χ1v) is 10.5. The van der Waals surface area contributed by atoms with Crippen molar-refractivity contribution in [3.63, 3.8) is 0 Å². The summed E-state index contributed by atoms with van der Waals surface area (Å²) in [5.41, 5.74) is 1.30. The van der Waals surface area contributed by atoms with Crippen molar-refractivity contribution in [3.8, 4) is 5.75 Å². The van der Waals surface area contributed by atoms with Crippen molar-refractivity contribution >= 4 is 28.8 Å². The zero-order chi connectivity index (χ0) is 23.2. The number of esters is 1. The average Bonchev–Trinajstić information content (AvgIpc) is 3.14. The van der Waals surface area contributed by atoms with Crippen molar-refractivity contribution < 1.29 is 14.3 Å². The molecule has 0 aliphatic carbocycles. The van der Waals surface area contributed by atoms with Gasteiger partial charge in [-0.15, -0.1) is 0 Å². The predicted molar refractivity (Wildman–Crippen MR) is 120 cm³/mol. The Bertz CT molecular complexity index is 1320. The second kappa shape index (κ2) is 8.18. The molecule has 4 rings (SSSR count). The number of anilines is 2. The van der Waals surface area contributed by atoms with Gasteiger partial charge in [-0.2, -0.15) is 4.98 Å². The van der Waals surface area contributed by atoms with Crippen molar-refractivity contribution in [2.75, 3.05) is 25.2 Å². The van der Waals surface area contributed by atoms with Gasteiger partial charge in [0.25, 0.3) is 5.56 Å². The van der Waals surface area contributed by atoms with E-state index in [1.807, 2.05) is 34.6 Å². The predicted octanol–water partition coefficient (Wildman–Crippen LogP) is 1.56. The van der Waals surface area contributed by atoms with E-state index in [1.54, 1.807) is 21.1 Å². The molecule has 0 N–H and O–H groups in total. The number of hydrogen-bond acceptors (Lipinski definition) is 7. The summed E-state index contributed by atoms with van der Waals surface area (Å²) in [4.78, 5) is 44.9. The van der Waals surface area contributed by atoms with Crippen LogP contribution in [0.15, 0.2) is 27.8 Å². The third-order valence-corrected chi connectivity index (χ3v) is 5.66. The van der Waals surface area contributed by atoms with Crippen LogP contribution < -0.4 is 20.9 Å². The van der Waals surface area contributed by atoms with Gasteiger partial charge in [0.2, 0.25) is 5.95 Å². The Morgan fingerprint density at radius 3 is 2.69 bits per heavy atom. The van der Waals surface area contributed by atoms with Crippen LogP contribution in [-0.4, -0.2) is 44.9 Å². The Balaban J connectivity index is 1.96. The van der Waals surface area contributed by atoms with Gasteiger partial charge in [0, 0.05) is 20.1 Å².